The first kappa shape index (κ1) is 19.3. The van der Waals surface area contributed by atoms with Crippen LogP contribution in [0, 0.1) is 17.2 Å². The van der Waals surface area contributed by atoms with Crippen molar-refractivity contribution in [1.29, 1.82) is 5.26 Å². The van der Waals surface area contributed by atoms with E-state index in [9.17, 15) is 14.9 Å². The molecule has 0 bridgehead atoms. The lowest BCUT2D eigenvalue weighted by Crippen LogP contribution is -2.54. The Labute approximate surface area is 160 Å². The number of piperazine rings is 1. The van der Waals surface area contributed by atoms with Crippen LogP contribution in [0.2, 0.25) is 0 Å². The zero-order valence-electron chi connectivity index (χ0n) is 15.8. The molecule has 2 aliphatic rings. The summed E-state index contributed by atoms with van der Waals surface area (Å²) in [6.07, 6.45) is 2.02. The molecule has 2 N–H and O–H groups in total. The van der Waals surface area contributed by atoms with Gasteiger partial charge in [0.15, 0.2) is 0 Å². The number of benzene rings is 1. The second-order valence-corrected chi connectivity index (χ2v) is 7.60. The fraction of sp³-hybridized carbons (Fsp3) is 0.550. The van der Waals surface area contributed by atoms with Crippen LogP contribution >= 0.6 is 0 Å². The maximum Gasteiger partial charge on any atom is 0.238 e. The minimum atomic E-state index is -0.742. The van der Waals surface area contributed by atoms with Crippen LogP contribution in [0.25, 0.3) is 0 Å². The van der Waals surface area contributed by atoms with Gasteiger partial charge in [-0.15, -0.1) is 0 Å². The molecule has 1 aromatic carbocycles. The maximum atomic E-state index is 12.3. The van der Waals surface area contributed by atoms with E-state index >= 15 is 0 Å². The molecular weight excluding hydrogens is 342 g/mol. The van der Waals surface area contributed by atoms with Gasteiger partial charge in [-0.05, 0) is 37.8 Å². The highest BCUT2D eigenvalue weighted by Gasteiger charge is 2.43. The summed E-state index contributed by atoms with van der Waals surface area (Å²) >= 11 is 0. The molecule has 2 fully saturated rings. The molecule has 2 amide bonds. The van der Waals surface area contributed by atoms with Gasteiger partial charge >= 0.3 is 0 Å². The van der Waals surface area contributed by atoms with E-state index in [2.05, 4.69) is 26.5 Å². The number of rotatable bonds is 7. The summed E-state index contributed by atoms with van der Waals surface area (Å²) < 4.78 is 0. The fourth-order valence-electron chi connectivity index (χ4n) is 3.44. The second kappa shape index (κ2) is 8.51. The maximum absolute atomic E-state index is 12.3. The molecule has 1 heterocycles. The number of carbonyl (C=O) groups is 2. The Hall–Kier alpha value is -2.43. The highest BCUT2D eigenvalue weighted by Crippen LogP contribution is 2.39. The molecule has 144 valence electrons. The van der Waals surface area contributed by atoms with E-state index in [0.29, 0.717) is 13.1 Å². The van der Waals surface area contributed by atoms with Crippen LogP contribution in [-0.4, -0.2) is 66.4 Å². The van der Waals surface area contributed by atoms with Gasteiger partial charge in [-0.1, -0.05) is 18.2 Å². The smallest absolute Gasteiger partial charge is 0.238 e. The number of nitrogens with zero attached hydrogens (tertiary/aromatic N) is 3. The number of nitrogens with one attached hydrogen (secondary N) is 2. The van der Waals surface area contributed by atoms with Crippen LogP contribution in [0.3, 0.4) is 0 Å². The van der Waals surface area contributed by atoms with Crippen LogP contribution < -0.4 is 10.6 Å². The lowest BCUT2D eigenvalue weighted by atomic mass is 9.98. The average Bonchev–Trinajstić information content (AvgIpc) is 3.49. The Morgan fingerprint density at radius 3 is 2.15 bits per heavy atom. The van der Waals surface area contributed by atoms with Crippen molar-refractivity contribution in [3.63, 3.8) is 0 Å². The number of carbonyl (C=O) groups excluding carboxylic acids is 2. The van der Waals surface area contributed by atoms with Crippen molar-refractivity contribution in [1.82, 2.24) is 15.1 Å². The molecule has 7 nitrogen and oxygen atoms in total. The Morgan fingerprint density at radius 2 is 1.63 bits per heavy atom. The number of hydrogen-bond acceptors (Lipinski definition) is 5. The number of amides is 2. The third-order valence-corrected chi connectivity index (χ3v) is 5.28. The fourth-order valence-corrected chi connectivity index (χ4v) is 3.44. The molecule has 1 aliphatic carbocycles. The predicted octanol–water partition coefficient (Wildman–Crippen LogP) is 1.05. The molecule has 1 saturated heterocycles. The van der Waals surface area contributed by atoms with Crippen molar-refractivity contribution in [2.45, 2.75) is 25.3 Å². The van der Waals surface area contributed by atoms with Crippen LogP contribution in [0.5, 0.6) is 0 Å². The van der Waals surface area contributed by atoms with Crippen molar-refractivity contribution < 1.29 is 9.59 Å². The predicted molar refractivity (Wildman–Crippen MR) is 103 cm³/mol. The number of nitriles is 1. The summed E-state index contributed by atoms with van der Waals surface area (Å²) in [5.41, 5.74) is 0.0584. The van der Waals surface area contributed by atoms with Gasteiger partial charge in [0, 0.05) is 31.9 Å². The average molecular weight is 369 g/mol. The number of para-hydroxylation sites is 1. The third-order valence-electron chi connectivity index (χ3n) is 5.28. The Bertz CT molecular complexity index is 705. The summed E-state index contributed by atoms with van der Waals surface area (Å²) in [5, 5.41) is 15.1. The van der Waals surface area contributed by atoms with Gasteiger partial charge in [-0.25, -0.2) is 0 Å². The van der Waals surface area contributed by atoms with Gasteiger partial charge < -0.3 is 10.6 Å². The minimum absolute atomic E-state index is 0.0263. The monoisotopic (exact) mass is 369 g/mol. The summed E-state index contributed by atoms with van der Waals surface area (Å²) in [7, 11) is 0. The zero-order chi connectivity index (χ0) is 19.3. The van der Waals surface area contributed by atoms with E-state index < -0.39 is 5.54 Å². The normalized spacial score (nSPS) is 20.3. The van der Waals surface area contributed by atoms with E-state index in [0.717, 1.165) is 44.7 Å². The van der Waals surface area contributed by atoms with Crippen LogP contribution in [-0.2, 0) is 9.59 Å². The zero-order valence-corrected chi connectivity index (χ0v) is 15.8. The molecule has 3 rings (SSSR count). The van der Waals surface area contributed by atoms with Crippen LogP contribution in [0.1, 0.15) is 19.8 Å². The molecule has 1 atom stereocenters. The van der Waals surface area contributed by atoms with Gasteiger partial charge in [0.25, 0.3) is 0 Å². The Kier molecular flexibility index (Phi) is 6.09. The first-order chi connectivity index (χ1) is 13.0. The minimum Gasteiger partial charge on any atom is -0.337 e. The van der Waals surface area contributed by atoms with Gasteiger partial charge in [-0.2, -0.15) is 5.26 Å². The Morgan fingerprint density at radius 1 is 1.07 bits per heavy atom. The molecule has 1 aromatic rings. The molecule has 1 aliphatic heterocycles. The van der Waals surface area contributed by atoms with E-state index in [1.807, 2.05) is 37.3 Å². The summed E-state index contributed by atoms with van der Waals surface area (Å²) in [5.74, 6) is 0.161. The lowest BCUT2D eigenvalue weighted by Gasteiger charge is -2.34. The molecule has 0 aromatic heterocycles. The lowest BCUT2D eigenvalue weighted by molar-refractivity contribution is -0.124. The van der Waals surface area contributed by atoms with Crippen molar-refractivity contribution in [2.24, 2.45) is 5.92 Å². The molecule has 1 saturated carbocycles. The van der Waals surface area contributed by atoms with Crippen molar-refractivity contribution in [2.75, 3.05) is 44.6 Å². The second-order valence-electron chi connectivity index (χ2n) is 7.60. The van der Waals surface area contributed by atoms with Gasteiger partial charge in [0.05, 0.1) is 19.2 Å². The standard InChI is InChI=1S/C20H27N5O2/c1-20(15-21,16-7-8-16)23-19(27)14-25-11-9-24(10-12-25)13-18(26)22-17-5-3-2-4-6-17/h2-6,16H,7-14H2,1H3,(H,22,26)(H,23,27)/t20-/m1/s1. The van der Waals surface area contributed by atoms with Crippen molar-refractivity contribution in [3.8, 4) is 6.07 Å². The van der Waals surface area contributed by atoms with Gasteiger partial charge in [0.1, 0.15) is 5.54 Å². The number of anilines is 1. The van der Waals surface area contributed by atoms with E-state index in [4.69, 9.17) is 0 Å². The molecule has 0 radical (unpaired) electrons. The molecule has 7 heteroatoms. The first-order valence-electron chi connectivity index (χ1n) is 9.50. The molecule has 0 spiro atoms. The van der Waals surface area contributed by atoms with Crippen LogP contribution in [0.4, 0.5) is 5.69 Å². The van der Waals surface area contributed by atoms with Gasteiger partial charge in [0.2, 0.25) is 11.8 Å². The first-order valence-corrected chi connectivity index (χ1v) is 9.50. The highest BCUT2D eigenvalue weighted by atomic mass is 16.2. The largest absolute Gasteiger partial charge is 0.337 e. The number of hydrogen-bond donors (Lipinski definition) is 2. The highest BCUT2D eigenvalue weighted by molar-refractivity contribution is 5.92. The third kappa shape index (κ3) is 5.52. The molecular formula is C20H27N5O2. The quantitative estimate of drug-likeness (QED) is 0.750. The summed E-state index contributed by atoms with van der Waals surface area (Å²) in [6, 6.07) is 11.7. The SMILES string of the molecule is C[C@](C#N)(NC(=O)CN1CCN(CC(=O)Nc2ccccc2)CC1)C1CC1. The molecule has 0 unspecified atom stereocenters. The van der Waals surface area contributed by atoms with Gasteiger partial charge in [-0.3, -0.25) is 19.4 Å². The van der Waals surface area contributed by atoms with E-state index in [1.165, 1.54) is 0 Å². The van der Waals surface area contributed by atoms with Crippen molar-refractivity contribution >= 4 is 17.5 Å². The van der Waals surface area contributed by atoms with E-state index in [1.54, 1.807) is 0 Å². The Balaban J connectivity index is 1.38. The molecule has 27 heavy (non-hydrogen) atoms. The summed E-state index contributed by atoms with van der Waals surface area (Å²) in [4.78, 5) is 28.6. The summed E-state index contributed by atoms with van der Waals surface area (Å²) in [6.45, 7) is 5.42. The van der Waals surface area contributed by atoms with E-state index in [-0.39, 0.29) is 17.7 Å². The van der Waals surface area contributed by atoms with Crippen molar-refractivity contribution in [3.05, 3.63) is 30.3 Å². The van der Waals surface area contributed by atoms with Crippen LogP contribution in [0.15, 0.2) is 30.3 Å². The topological polar surface area (TPSA) is 88.5 Å².